The third-order valence-electron chi connectivity index (χ3n) is 7.39. The second kappa shape index (κ2) is 11.6. The first-order valence-electron chi connectivity index (χ1n) is 14.1. The molecule has 0 aliphatic heterocycles. The van der Waals surface area contributed by atoms with Gasteiger partial charge in [-0.3, -0.25) is 0 Å². The van der Waals surface area contributed by atoms with Crippen LogP contribution in [0.3, 0.4) is 0 Å². The van der Waals surface area contributed by atoms with E-state index in [-0.39, 0.29) is 5.82 Å². The van der Waals surface area contributed by atoms with Crippen LogP contribution in [0.4, 0.5) is 4.39 Å². The molecule has 0 N–H and O–H groups in total. The summed E-state index contributed by atoms with van der Waals surface area (Å²) in [6.45, 7) is 0. The Hall–Kier alpha value is -5.74. The molecule has 7 rings (SSSR count). The maximum absolute atomic E-state index is 15.6. The molecule has 3 nitrogen and oxygen atoms in total. The lowest BCUT2D eigenvalue weighted by molar-refractivity contribution is 0.630. The highest BCUT2D eigenvalue weighted by Crippen LogP contribution is 2.35. The lowest BCUT2D eigenvalue weighted by atomic mass is 9.92. The van der Waals surface area contributed by atoms with Crippen molar-refractivity contribution in [2.45, 2.75) is 0 Å². The van der Waals surface area contributed by atoms with Crippen molar-refractivity contribution < 1.29 is 4.39 Å². The van der Waals surface area contributed by atoms with Gasteiger partial charge < -0.3 is 0 Å². The van der Waals surface area contributed by atoms with Crippen molar-refractivity contribution in [2.24, 2.45) is 0 Å². The predicted octanol–water partition coefficient (Wildman–Crippen LogP) is 10.0. The zero-order valence-corrected chi connectivity index (χ0v) is 23.2. The Balaban J connectivity index is 1.40. The summed E-state index contributed by atoms with van der Waals surface area (Å²) in [7, 11) is 0. The van der Waals surface area contributed by atoms with Crippen molar-refractivity contribution in [1.82, 2.24) is 15.0 Å². The number of aromatic nitrogens is 3. The van der Waals surface area contributed by atoms with Crippen LogP contribution < -0.4 is 0 Å². The first-order valence-corrected chi connectivity index (χ1v) is 14.1. The SMILES string of the molecule is Fc1ccc(-c2cc(-c3ccccc3)cc(-c3ccccc3)c2)cc1-c1nc(-c2ccccc2)nc(-c2ccccc2)n1. The van der Waals surface area contributed by atoms with Crippen LogP contribution in [0.15, 0.2) is 158 Å². The Bertz CT molecular complexity index is 1890. The van der Waals surface area contributed by atoms with Crippen LogP contribution in [0.25, 0.3) is 67.5 Å². The van der Waals surface area contributed by atoms with Crippen LogP contribution >= 0.6 is 0 Å². The van der Waals surface area contributed by atoms with Crippen molar-refractivity contribution in [2.75, 3.05) is 0 Å². The van der Waals surface area contributed by atoms with Gasteiger partial charge in [-0.1, -0.05) is 127 Å². The van der Waals surface area contributed by atoms with Crippen LogP contribution in [0.2, 0.25) is 0 Å². The fourth-order valence-corrected chi connectivity index (χ4v) is 5.19. The molecule has 0 unspecified atom stereocenters. The Morgan fingerprint density at radius 2 is 0.674 bits per heavy atom. The van der Waals surface area contributed by atoms with Gasteiger partial charge in [-0.25, -0.2) is 19.3 Å². The highest BCUT2D eigenvalue weighted by molar-refractivity contribution is 5.82. The highest BCUT2D eigenvalue weighted by atomic mass is 19.1. The summed E-state index contributed by atoms with van der Waals surface area (Å²) in [6, 6.07) is 51.7. The Morgan fingerprint density at radius 3 is 1.12 bits per heavy atom. The smallest absolute Gasteiger partial charge is 0.167 e. The second-order valence-electron chi connectivity index (χ2n) is 10.3. The Morgan fingerprint density at radius 1 is 0.302 bits per heavy atom. The largest absolute Gasteiger partial charge is 0.208 e. The molecule has 1 heterocycles. The average molecular weight is 556 g/mol. The maximum atomic E-state index is 15.6. The quantitative estimate of drug-likeness (QED) is 0.205. The molecule has 1 aromatic heterocycles. The molecule has 0 aliphatic carbocycles. The minimum absolute atomic E-state index is 0.287. The Kier molecular flexibility index (Phi) is 7.08. The summed E-state index contributed by atoms with van der Waals surface area (Å²) in [6.07, 6.45) is 0. The second-order valence-corrected chi connectivity index (χ2v) is 10.3. The van der Waals surface area contributed by atoms with Gasteiger partial charge in [0.25, 0.3) is 0 Å². The van der Waals surface area contributed by atoms with E-state index in [4.69, 9.17) is 15.0 Å². The molecule has 0 spiro atoms. The maximum Gasteiger partial charge on any atom is 0.167 e. The fourth-order valence-electron chi connectivity index (χ4n) is 5.19. The first kappa shape index (κ1) is 26.2. The highest BCUT2D eigenvalue weighted by Gasteiger charge is 2.17. The molecule has 204 valence electrons. The summed E-state index contributed by atoms with van der Waals surface area (Å²) in [5, 5.41) is 0. The van der Waals surface area contributed by atoms with E-state index >= 15 is 4.39 Å². The van der Waals surface area contributed by atoms with Gasteiger partial charge >= 0.3 is 0 Å². The van der Waals surface area contributed by atoms with E-state index in [0.29, 0.717) is 17.2 Å². The molecular formula is C39H26FN3. The van der Waals surface area contributed by atoms with E-state index in [0.717, 1.165) is 44.5 Å². The van der Waals surface area contributed by atoms with Crippen LogP contribution in [-0.2, 0) is 0 Å². The summed E-state index contributed by atoms with van der Waals surface area (Å²) < 4.78 is 15.6. The van der Waals surface area contributed by atoms with Crippen LogP contribution in [0.1, 0.15) is 0 Å². The van der Waals surface area contributed by atoms with Crippen molar-refractivity contribution in [3.63, 3.8) is 0 Å². The number of hydrogen-bond acceptors (Lipinski definition) is 3. The van der Waals surface area contributed by atoms with Gasteiger partial charge in [-0.05, 0) is 63.7 Å². The minimum atomic E-state index is -0.393. The van der Waals surface area contributed by atoms with Crippen molar-refractivity contribution in [3.05, 3.63) is 164 Å². The van der Waals surface area contributed by atoms with Gasteiger partial charge in [0.05, 0.1) is 5.56 Å². The summed E-state index contributed by atoms with van der Waals surface area (Å²) >= 11 is 0. The van der Waals surface area contributed by atoms with E-state index < -0.39 is 5.82 Å². The molecule has 0 saturated carbocycles. The molecule has 4 heteroatoms. The minimum Gasteiger partial charge on any atom is -0.208 e. The number of halogens is 1. The third-order valence-corrected chi connectivity index (χ3v) is 7.39. The molecule has 0 amide bonds. The number of rotatable bonds is 6. The predicted molar refractivity (Wildman–Crippen MR) is 172 cm³/mol. The third kappa shape index (κ3) is 5.59. The number of benzene rings is 6. The molecule has 0 aliphatic rings. The van der Waals surface area contributed by atoms with Crippen LogP contribution in [-0.4, -0.2) is 15.0 Å². The Labute approximate surface area is 250 Å². The summed E-state index contributed by atoms with van der Waals surface area (Å²) in [4.78, 5) is 14.3. The molecule has 7 aromatic rings. The molecule has 0 saturated heterocycles. The van der Waals surface area contributed by atoms with E-state index in [9.17, 15) is 0 Å². The lowest BCUT2D eigenvalue weighted by Crippen LogP contribution is -2.01. The zero-order valence-electron chi connectivity index (χ0n) is 23.2. The monoisotopic (exact) mass is 555 g/mol. The fraction of sp³-hybridized carbons (Fsp3) is 0. The number of hydrogen-bond donors (Lipinski definition) is 0. The number of nitrogens with zero attached hydrogens (tertiary/aromatic N) is 3. The van der Waals surface area contributed by atoms with E-state index in [2.05, 4.69) is 42.5 Å². The normalized spacial score (nSPS) is 10.9. The van der Waals surface area contributed by atoms with Crippen LogP contribution in [0, 0.1) is 5.82 Å². The van der Waals surface area contributed by atoms with Crippen molar-refractivity contribution in [1.29, 1.82) is 0 Å². The molecule has 43 heavy (non-hydrogen) atoms. The van der Waals surface area contributed by atoms with Gasteiger partial charge in [0, 0.05) is 11.1 Å². The lowest BCUT2D eigenvalue weighted by Gasteiger charge is -2.13. The van der Waals surface area contributed by atoms with E-state index in [1.54, 1.807) is 0 Å². The molecule has 0 radical (unpaired) electrons. The van der Waals surface area contributed by atoms with Gasteiger partial charge in [0.2, 0.25) is 0 Å². The van der Waals surface area contributed by atoms with E-state index in [1.165, 1.54) is 6.07 Å². The standard InChI is InChI=1S/C39H26FN3/c40-36-22-21-31(34-24-32(27-13-5-1-6-14-27)23-33(25-34)28-15-7-2-8-16-28)26-35(36)39-42-37(29-17-9-3-10-18-29)41-38(43-39)30-19-11-4-12-20-30/h1-26H. The zero-order chi connectivity index (χ0) is 29.0. The summed E-state index contributed by atoms with van der Waals surface area (Å²) in [5.74, 6) is 0.878. The van der Waals surface area contributed by atoms with Crippen LogP contribution in [0.5, 0.6) is 0 Å². The van der Waals surface area contributed by atoms with Gasteiger partial charge in [0.1, 0.15) is 5.82 Å². The first-order chi connectivity index (χ1) is 21.2. The van der Waals surface area contributed by atoms with Gasteiger partial charge in [-0.2, -0.15) is 0 Å². The van der Waals surface area contributed by atoms with Gasteiger partial charge in [0.15, 0.2) is 17.5 Å². The average Bonchev–Trinajstić information content (AvgIpc) is 3.09. The van der Waals surface area contributed by atoms with E-state index in [1.807, 2.05) is 109 Å². The van der Waals surface area contributed by atoms with Gasteiger partial charge in [-0.15, -0.1) is 0 Å². The van der Waals surface area contributed by atoms with Crippen molar-refractivity contribution >= 4 is 0 Å². The van der Waals surface area contributed by atoms with Crippen molar-refractivity contribution in [3.8, 4) is 67.5 Å². The molecular weight excluding hydrogens is 529 g/mol. The molecule has 6 aromatic carbocycles. The molecule has 0 atom stereocenters. The molecule has 0 fully saturated rings. The summed E-state index contributed by atoms with van der Waals surface area (Å²) in [5.41, 5.74) is 8.23. The topological polar surface area (TPSA) is 38.7 Å². The molecule has 0 bridgehead atoms.